The molecule has 0 saturated heterocycles. The van der Waals surface area contributed by atoms with Crippen LogP contribution in [-0.2, 0) is 6.54 Å². The first kappa shape index (κ1) is 14.5. The van der Waals surface area contributed by atoms with Crippen LogP contribution in [0.1, 0.15) is 30.5 Å². The minimum atomic E-state index is -0.470. The van der Waals surface area contributed by atoms with E-state index in [0.29, 0.717) is 11.6 Å². The van der Waals surface area contributed by atoms with Crippen LogP contribution in [0.25, 0.3) is 0 Å². The summed E-state index contributed by atoms with van der Waals surface area (Å²) >= 11 is 6.05. The lowest BCUT2D eigenvalue weighted by Crippen LogP contribution is -2.07. The molecule has 1 aromatic carbocycles. The largest absolute Gasteiger partial charge is 0.324 e. The van der Waals surface area contributed by atoms with Gasteiger partial charge in [0.05, 0.1) is 22.7 Å². The van der Waals surface area contributed by atoms with E-state index in [1.165, 1.54) is 12.1 Å². The Balaban J connectivity index is 2.18. The summed E-state index contributed by atoms with van der Waals surface area (Å²) in [6.07, 6.45) is 4.43. The standard InChI is InChI=1S/C13H15ClN4O2/c1-2-13(15)10-6-16-17(8-10)7-9-3-4-11(18(19)20)5-12(9)14/h3-6,8,13H,2,7,15H2,1H3. The van der Waals surface area contributed by atoms with Crippen LogP contribution in [0.2, 0.25) is 5.02 Å². The number of hydrogen-bond donors (Lipinski definition) is 1. The SMILES string of the molecule is CCC(N)c1cnn(Cc2ccc([N+](=O)[O-])cc2Cl)c1. The fourth-order valence-electron chi connectivity index (χ4n) is 1.85. The van der Waals surface area contributed by atoms with E-state index in [9.17, 15) is 10.1 Å². The molecule has 2 rings (SSSR count). The number of aromatic nitrogens is 2. The lowest BCUT2D eigenvalue weighted by molar-refractivity contribution is -0.384. The van der Waals surface area contributed by atoms with Gasteiger partial charge in [-0.1, -0.05) is 18.5 Å². The smallest absolute Gasteiger partial charge is 0.270 e. The fraction of sp³-hybridized carbons (Fsp3) is 0.308. The normalized spacial score (nSPS) is 12.3. The van der Waals surface area contributed by atoms with Gasteiger partial charge in [0, 0.05) is 29.9 Å². The summed E-state index contributed by atoms with van der Waals surface area (Å²) in [6.45, 7) is 2.46. The molecule has 0 aliphatic carbocycles. The summed E-state index contributed by atoms with van der Waals surface area (Å²) in [5.41, 5.74) is 7.65. The molecule has 0 saturated carbocycles. The van der Waals surface area contributed by atoms with E-state index in [-0.39, 0.29) is 11.7 Å². The van der Waals surface area contributed by atoms with Gasteiger partial charge < -0.3 is 5.73 Å². The van der Waals surface area contributed by atoms with Crippen LogP contribution in [0.15, 0.2) is 30.6 Å². The van der Waals surface area contributed by atoms with Gasteiger partial charge in [0.15, 0.2) is 0 Å². The molecule has 0 aliphatic rings. The first-order valence-corrected chi connectivity index (χ1v) is 6.59. The highest BCUT2D eigenvalue weighted by molar-refractivity contribution is 6.31. The average molecular weight is 295 g/mol. The summed E-state index contributed by atoms with van der Waals surface area (Å²) in [5, 5.41) is 15.2. The maximum Gasteiger partial charge on any atom is 0.270 e. The number of halogens is 1. The summed E-state index contributed by atoms with van der Waals surface area (Å²) in [6, 6.07) is 4.39. The number of hydrogen-bond acceptors (Lipinski definition) is 4. The minimum Gasteiger partial charge on any atom is -0.324 e. The average Bonchev–Trinajstić information content (AvgIpc) is 2.88. The Bertz CT molecular complexity index is 627. The first-order chi connectivity index (χ1) is 9.51. The molecule has 2 N–H and O–H groups in total. The predicted octanol–water partition coefficient (Wildman–Crippen LogP) is 2.90. The van der Waals surface area contributed by atoms with Crippen LogP contribution in [0.5, 0.6) is 0 Å². The zero-order valence-electron chi connectivity index (χ0n) is 11.0. The summed E-state index contributed by atoms with van der Waals surface area (Å²) in [4.78, 5) is 10.2. The number of benzene rings is 1. The van der Waals surface area contributed by atoms with Crippen molar-refractivity contribution in [3.05, 3.63) is 56.9 Å². The van der Waals surface area contributed by atoms with Gasteiger partial charge in [0.25, 0.3) is 5.69 Å². The van der Waals surface area contributed by atoms with E-state index >= 15 is 0 Å². The summed E-state index contributed by atoms with van der Waals surface area (Å²) in [7, 11) is 0. The number of nitrogens with zero attached hydrogens (tertiary/aromatic N) is 3. The third kappa shape index (κ3) is 3.15. The van der Waals surface area contributed by atoms with Gasteiger partial charge in [0.1, 0.15) is 0 Å². The van der Waals surface area contributed by atoms with Crippen LogP contribution >= 0.6 is 11.6 Å². The van der Waals surface area contributed by atoms with Gasteiger partial charge in [-0.25, -0.2) is 0 Å². The van der Waals surface area contributed by atoms with Crippen molar-refractivity contribution < 1.29 is 4.92 Å². The van der Waals surface area contributed by atoms with Crippen molar-refractivity contribution >= 4 is 17.3 Å². The number of nitro groups is 1. The Hall–Kier alpha value is -1.92. The van der Waals surface area contributed by atoms with E-state index in [4.69, 9.17) is 17.3 Å². The second-order valence-corrected chi connectivity index (χ2v) is 4.93. The number of nitro benzene ring substituents is 1. The molecule has 7 heteroatoms. The van der Waals surface area contributed by atoms with Gasteiger partial charge in [-0.05, 0) is 18.1 Å². The zero-order chi connectivity index (χ0) is 14.7. The molecule has 0 aliphatic heterocycles. The first-order valence-electron chi connectivity index (χ1n) is 6.22. The molecule has 1 unspecified atom stereocenters. The number of nitrogens with two attached hydrogens (primary N) is 1. The third-order valence-electron chi connectivity index (χ3n) is 3.10. The molecule has 0 radical (unpaired) electrons. The molecule has 6 nitrogen and oxygen atoms in total. The van der Waals surface area contributed by atoms with Crippen molar-refractivity contribution in [2.45, 2.75) is 25.9 Å². The highest BCUT2D eigenvalue weighted by Gasteiger charge is 2.11. The third-order valence-corrected chi connectivity index (χ3v) is 3.45. The lowest BCUT2D eigenvalue weighted by Gasteiger charge is -2.06. The molecule has 106 valence electrons. The van der Waals surface area contributed by atoms with Gasteiger partial charge in [-0.3, -0.25) is 14.8 Å². The Morgan fingerprint density at radius 3 is 2.90 bits per heavy atom. The van der Waals surface area contributed by atoms with E-state index in [1.807, 2.05) is 13.1 Å². The van der Waals surface area contributed by atoms with Crippen molar-refractivity contribution in [3.63, 3.8) is 0 Å². The molecule has 20 heavy (non-hydrogen) atoms. The van der Waals surface area contributed by atoms with Crippen LogP contribution < -0.4 is 5.73 Å². The monoisotopic (exact) mass is 294 g/mol. The van der Waals surface area contributed by atoms with E-state index in [0.717, 1.165) is 17.5 Å². The molecule has 0 fully saturated rings. The van der Waals surface area contributed by atoms with Crippen molar-refractivity contribution in [1.82, 2.24) is 9.78 Å². The Morgan fingerprint density at radius 1 is 1.55 bits per heavy atom. The fourth-order valence-corrected chi connectivity index (χ4v) is 2.08. The van der Waals surface area contributed by atoms with E-state index in [2.05, 4.69) is 5.10 Å². The molecule has 0 amide bonds. The van der Waals surface area contributed by atoms with Crippen LogP contribution in [0.4, 0.5) is 5.69 Å². The van der Waals surface area contributed by atoms with Crippen molar-refractivity contribution in [2.75, 3.05) is 0 Å². The van der Waals surface area contributed by atoms with Crippen LogP contribution in [0, 0.1) is 10.1 Å². The summed E-state index contributed by atoms with van der Waals surface area (Å²) < 4.78 is 1.72. The van der Waals surface area contributed by atoms with Gasteiger partial charge >= 0.3 is 0 Å². The van der Waals surface area contributed by atoms with Gasteiger partial charge in [0.2, 0.25) is 0 Å². The maximum absolute atomic E-state index is 10.6. The predicted molar refractivity (Wildman–Crippen MR) is 76.7 cm³/mol. The van der Waals surface area contributed by atoms with Gasteiger partial charge in [-0.15, -0.1) is 0 Å². The maximum atomic E-state index is 10.6. The van der Waals surface area contributed by atoms with Gasteiger partial charge in [-0.2, -0.15) is 5.10 Å². The number of non-ortho nitro benzene ring substituents is 1. The number of rotatable bonds is 5. The Kier molecular flexibility index (Phi) is 4.36. The molecule has 0 spiro atoms. The zero-order valence-corrected chi connectivity index (χ0v) is 11.7. The van der Waals surface area contributed by atoms with E-state index in [1.54, 1.807) is 16.9 Å². The summed E-state index contributed by atoms with van der Waals surface area (Å²) in [5.74, 6) is 0. The van der Waals surface area contributed by atoms with Crippen molar-refractivity contribution in [3.8, 4) is 0 Å². The van der Waals surface area contributed by atoms with Crippen LogP contribution in [0.3, 0.4) is 0 Å². The molecule has 1 atom stereocenters. The van der Waals surface area contributed by atoms with Crippen LogP contribution in [-0.4, -0.2) is 14.7 Å². The molecule has 1 heterocycles. The Morgan fingerprint density at radius 2 is 2.30 bits per heavy atom. The highest BCUT2D eigenvalue weighted by atomic mass is 35.5. The van der Waals surface area contributed by atoms with Crippen molar-refractivity contribution in [2.24, 2.45) is 5.73 Å². The Labute approximate surface area is 121 Å². The molecule has 0 bridgehead atoms. The molecule has 2 aromatic rings. The molecular formula is C13H15ClN4O2. The highest BCUT2D eigenvalue weighted by Crippen LogP contribution is 2.23. The quantitative estimate of drug-likeness (QED) is 0.678. The van der Waals surface area contributed by atoms with Crippen molar-refractivity contribution in [1.29, 1.82) is 0 Å². The molecular weight excluding hydrogens is 280 g/mol. The second-order valence-electron chi connectivity index (χ2n) is 4.52. The molecule has 1 aromatic heterocycles. The minimum absolute atomic E-state index is 0.0205. The second kappa shape index (κ2) is 6.02. The lowest BCUT2D eigenvalue weighted by atomic mass is 10.1. The topological polar surface area (TPSA) is 87.0 Å². The van der Waals surface area contributed by atoms with E-state index < -0.39 is 4.92 Å².